The third-order valence-corrected chi connectivity index (χ3v) is 5.33. The van der Waals surface area contributed by atoms with E-state index in [1.54, 1.807) is 11.3 Å². The molecule has 22 heavy (non-hydrogen) atoms. The molecule has 1 saturated carbocycles. The van der Waals surface area contributed by atoms with E-state index in [0.717, 1.165) is 23.5 Å². The lowest BCUT2D eigenvalue weighted by Gasteiger charge is -2.30. The molecule has 4 nitrogen and oxygen atoms in total. The highest BCUT2D eigenvalue weighted by molar-refractivity contribution is 7.09. The van der Waals surface area contributed by atoms with Gasteiger partial charge < -0.3 is 10.4 Å². The molecule has 1 atom stereocenters. The number of carbonyl (C=O) groups is 1. The van der Waals surface area contributed by atoms with Gasteiger partial charge in [0.25, 0.3) is 0 Å². The Morgan fingerprint density at radius 2 is 2.23 bits per heavy atom. The molecule has 0 bridgehead atoms. The van der Waals surface area contributed by atoms with E-state index in [0.29, 0.717) is 18.8 Å². The lowest BCUT2D eigenvalue weighted by molar-refractivity contribution is -0.122. The van der Waals surface area contributed by atoms with Crippen molar-refractivity contribution in [1.82, 2.24) is 10.3 Å². The van der Waals surface area contributed by atoms with Crippen LogP contribution < -0.4 is 5.32 Å². The number of rotatable bonds is 8. The molecule has 1 unspecified atom stereocenters. The lowest BCUT2D eigenvalue weighted by Crippen LogP contribution is -2.41. The summed E-state index contributed by atoms with van der Waals surface area (Å²) >= 11 is 1.66. The van der Waals surface area contributed by atoms with Crippen LogP contribution in [0.3, 0.4) is 0 Å². The van der Waals surface area contributed by atoms with E-state index in [2.05, 4.69) is 15.7 Å². The Hall–Kier alpha value is -0.940. The average molecular weight is 324 g/mol. The molecule has 1 aromatic heterocycles. The molecule has 1 aromatic rings. The van der Waals surface area contributed by atoms with Crippen molar-refractivity contribution in [3.63, 3.8) is 0 Å². The van der Waals surface area contributed by atoms with Crippen molar-refractivity contribution in [1.29, 1.82) is 0 Å². The fraction of sp³-hybridized carbons (Fsp3) is 0.765. The molecule has 5 heteroatoms. The zero-order valence-corrected chi connectivity index (χ0v) is 14.3. The predicted molar refractivity (Wildman–Crippen MR) is 90.0 cm³/mol. The maximum atomic E-state index is 12.2. The topological polar surface area (TPSA) is 62.2 Å². The Labute approximate surface area is 137 Å². The van der Waals surface area contributed by atoms with Crippen LogP contribution in [0, 0.1) is 12.8 Å². The first-order chi connectivity index (χ1) is 10.7. The molecule has 0 radical (unpaired) electrons. The number of nitrogens with zero attached hydrogens (tertiary/aromatic N) is 1. The van der Waals surface area contributed by atoms with Crippen molar-refractivity contribution in [2.24, 2.45) is 5.92 Å². The highest BCUT2D eigenvalue weighted by Crippen LogP contribution is 2.27. The first kappa shape index (κ1) is 17.4. The number of carbonyl (C=O) groups excluding carboxylic acids is 1. The molecule has 124 valence electrons. The highest BCUT2D eigenvalue weighted by Gasteiger charge is 2.24. The predicted octanol–water partition coefficient (Wildman–Crippen LogP) is 3.22. The van der Waals surface area contributed by atoms with Gasteiger partial charge in [0.1, 0.15) is 0 Å². The Balaban J connectivity index is 1.72. The van der Waals surface area contributed by atoms with E-state index in [-0.39, 0.29) is 18.6 Å². The van der Waals surface area contributed by atoms with E-state index in [9.17, 15) is 9.90 Å². The van der Waals surface area contributed by atoms with Crippen molar-refractivity contribution in [2.75, 3.05) is 6.61 Å². The van der Waals surface area contributed by atoms with E-state index < -0.39 is 0 Å². The van der Waals surface area contributed by atoms with Gasteiger partial charge in [-0.15, -0.1) is 11.3 Å². The van der Waals surface area contributed by atoms with Gasteiger partial charge in [0, 0.05) is 24.4 Å². The SMILES string of the molecule is Cc1nc(CCCC(=O)NC(CCO)C2CCCCC2)cs1. The second kappa shape index (κ2) is 9.26. The number of aryl methyl sites for hydroxylation is 2. The van der Waals surface area contributed by atoms with Crippen LogP contribution in [0.25, 0.3) is 0 Å². The van der Waals surface area contributed by atoms with Gasteiger partial charge in [-0.25, -0.2) is 4.98 Å². The quantitative estimate of drug-likeness (QED) is 0.772. The Morgan fingerprint density at radius 3 is 2.86 bits per heavy atom. The molecule has 2 rings (SSSR count). The summed E-state index contributed by atoms with van der Waals surface area (Å²) in [6.45, 7) is 2.16. The van der Waals surface area contributed by atoms with Crippen molar-refractivity contribution < 1.29 is 9.90 Å². The Bertz CT molecular complexity index is 455. The summed E-state index contributed by atoms with van der Waals surface area (Å²) in [5.41, 5.74) is 1.09. The number of hydrogen-bond donors (Lipinski definition) is 2. The van der Waals surface area contributed by atoms with Crippen molar-refractivity contribution in [3.8, 4) is 0 Å². The zero-order valence-electron chi connectivity index (χ0n) is 13.5. The van der Waals surface area contributed by atoms with Gasteiger partial charge >= 0.3 is 0 Å². The summed E-state index contributed by atoms with van der Waals surface area (Å²) in [7, 11) is 0. The minimum atomic E-state index is 0.121. The number of amides is 1. The molecule has 1 amide bonds. The van der Waals surface area contributed by atoms with Gasteiger partial charge in [-0.1, -0.05) is 19.3 Å². The van der Waals surface area contributed by atoms with Crippen LogP contribution in [0.2, 0.25) is 0 Å². The van der Waals surface area contributed by atoms with Crippen LogP contribution in [0.4, 0.5) is 0 Å². The second-order valence-corrected chi connectivity index (χ2v) is 7.36. The monoisotopic (exact) mass is 324 g/mol. The van der Waals surface area contributed by atoms with E-state index in [4.69, 9.17) is 0 Å². The molecular weight excluding hydrogens is 296 g/mol. The molecule has 0 aromatic carbocycles. The molecule has 0 aliphatic heterocycles. The van der Waals surface area contributed by atoms with Crippen molar-refractivity contribution in [2.45, 2.75) is 70.8 Å². The number of aliphatic hydroxyl groups excluding tert-OH is 1. The number of thiazole rings is 1. The van der Waals surface area contributed by atoms with Gasteiger partial charge in [0.15, 0.2) is 0 Å². The summed E-state index contributed by atoms with van der Waals surface area (Å²) in [6, 6.07) is 0.152. The number of aliphatic hydroxyl groups is 1. The highest BCUT2D eigenvalue weighted by atomic mass is 32.1. The molecule has 1 aliphatic rings. The minimum absolute atomic E-state index is 0.121. The smallest absolute Gasteiger partial charge is 0.220 e. The first-order valence-electron chi connectivity index (χ1n) is 8.50. The van der Waals surface area contributed by atoms with Crippen LogP contribution in [-0.2, 0) is 11.2 Å². The van der Waals surface area contributed by atoms with Crippen LogP contribution in [-0.4, -0.2) is 28.6 Å². The van der Waals surface area contributed by atoms with E-state index >= 15 is 0 Å². The summed E-state index contributed by atoms with van der Waals surface area (Å²) in [6.07, 6.45) is 9.12. The summed E-state index contributed by atoms with van der Waals surface area (Å²) in [5.74, 6) is 0.669. The zero-order chi connectivity index (χ0) is 15.8. The van der Waals surface area contributed by atoms with Crippen LogP contribution in [0.15, 0.2) is 5.38 Å². The Kier molecular flexibility index (Phi) is 7.33. The molecular formula is C17H28N2O2S. The van der Waals surface area contributed by atoms with Gasteiger partial charge in [0.05, 0.1) is 10.7 Å². The number of aromatic nitrogens is 1. The molecule has 2 N–H and O–H groups in total. The maximum Gasteiger partial charge on any atom is 0.220 e. The number of hydrogen-bond acceptors (Lipinski definition) is 4. The van der Waals surface area contributed by atoms with Crippen LogP contribution >= 0.6 is 11.3 Å². The molecule has 1 heterocycles. The van der Waals surface area contributed by atoms with Crippen molar-refractivity contribution >= 4 is 17.2 Å². The third-order valence-electron chi connectivity index (χ3n) is 4.51. The lowest BCUT2D eigenvalue weighted by atomic mass is 9.82. The minimum Gasteiger partial charge on any atom is -0.396 e. The Morgan fingerprint density at radius 1 is 1.45 bits per heavy atom. The van der Waals surface area contributed by atoms with Crippen LogP contribution in [0.5, 0.6) is 0 Å². The van der Waals surface area contributed by atoms with E-state index in [1.165, 1.54) is 32.1 Å². The van der Waals surface area contributed by atoms with Gasteiger partial charge in [-0.05, 0) is 44.9 Å². The van der Waals surface area contributed by atoms with Crippen molar-refractivity contribution in [3.05, 3.63) is 16.1 Å². The second-order valence-electron chi connectivity index (χ2n) is 6.30. The summed E-state index contributed by atoms with van der Waals surface area (Å²) in [4.78, 5) is 16.6. The molecule has 1 aliphatic carbocycles. The maximum absolute atomic E-state index is 12.2. The summed E-state index contributed by atoms with van der Waals surface area (Å²) < 4.78 is 0. The first-order valence-corrected chi connectivity index (χ1v) is 9.38. The number of nitrogens with one attached hydrogen (secondary N) is 1. The van der Waals surface area contributed by atoms with Gasteiger partial charge in [0.2, 0.25) is 5.91 Å². The normalized spacial score (nSPS) is 17.4. The fourth-order valence-corrected chi connectivity index (χ4v) is 3.98. The van der Waals surface area contributed by atoms with Gasteiger partial charge in [-0.2, -0.15) is 0 Å². The van der Waals surface area contributed by atoms with Crippen LogP contribution in [0.1, 0.15) is 62.1 Å². The largest absolute Gasteiger partial charge is 0.396 e. The fourth-order valence-electron chi connectivity index (χ4n) is 3.33. The van der Waals surface area contributed by atoms with E-state index in [1.807, 2.05) is 6.92 Å². The molecule has 0 spiro atoms. The molecule has 0 saturated heterocycles. The van der Waals surface area contributed by atoms with Gasteiger partial charge in [-0.3, -0.25) is 4.79 Å². The average Bonchev–Trinajstić information content (AvgIpc) is 2.93. The summed E-state index contributed by atoms with van der Waals surface area (Å²) in [5, 5.41) is 15.6. The standard InChI is InChI=1S/C17H28N2O2S/c1-13-18-15(12-22-13)8-5-9-17(21)19-16(10-11-20)14-6-3-2-4-7-14/h12,14,16,20H,2-11H2,1H3,(H,19,21). The molecule has 1 fully saturated rings. The third kappa shape index (κ3) is 5.69.